The maximum absolute atomic E-state index is 13.0. The van der Waals surface area contributed by atoms with Gasteiger partial charge in [0.15, 0.2) is 0 Å². The first-order valence-electron chi connectivity index (χ1n) is 7.25. The highest BCUT2D eigenvalue weighted by molar-refractivity contribution is 5.19. The zero-order valence-corrected chi connectivity index (χ0v) is 12.9. The highest BCUT2D eigenvalue weighted by Crippen LogP contribution is 2.18. The number of hydrogen-bond donors (Lipinski definition) is 1. The number of nitrogens with one attached hydrogen (secondary N) is 1. The molecule has 1 atom stereocenters. The third-order valence-corrected chi connectivity index (χ3v) is 3.64. The average molecular weight is 290 g/mol. The maximum atomic E-state index is 13.0. The summed E-state index contributed by atoms with van der Waals surface area (Å²) in [6.07, 6.45) is 0.957. The first-order chi connectivity index (χ1) is 10.1. The van der Waals surface area contributed by atoms with Gasteiger partial charge in [-0.15, -0.1) is 0 Å². The summed E-state index contributed by atoms with van der Waals surface area (Å²) in [6, 6.07) is 10.9. The van der Waals surface area contributed by atoms with Gasteiger partial charge < -0.3 is 9.73 Å². The summed E-state index contributed by atoms with van der Waals surface area (Å²) < 4.78 is 18.6. The number of halogens is 1. The molecule has 4 heteroatoms. The molecule has 1 aromatic carbocycles. The molecule has 1 unspecified atom stereocenters. The van der Waals surface area contributed by atoms with Crippen molar-refractivity contribution in [2.45, 2.75) is 25.9 Å². The Morgan fingerprint density at radius 2 is 1.90 bits per heavy atom. The van der Waals surface area contributed by atoms with Crippen molar-refractivity contribution >= 4 is 0 Å². The van der Waals surface area contributed by atoms with Crippen LogP contribution in [0.25, 0.3) is 0 Å². The second-order valence-electron chi connectivity index (χ2n) is 5.43. The number of rotatable bonds is 7. The molecule has 0 saturated heterocycles. The third kappa shape index (κ3) is 4.69. The van der Waals surface area contributed by atoms with E-state index in [2.05, 4.69) is 17.3 Å². The third-order valence-electron chi connectivity index (χ3n) is 3.64. The number of aryl methyl sites for hydroxylation is 1. The summed E-state index contributed by atoms with van der Waals surface area (Å²) in [5, 5.41) is 3.29. The fourth-order valence-electron chi connectivity index (χ4n) is 2.44. The van der Waals surface area contributed by atoms with Crippen LogP contribution in [0, 0.1) is 12.7 Å². The minimum absolute atomic E-state index is 0.195. The summed E-state index contributed by atoms with van der Waals surface area (Å²) in [6.45, 7) is 3.69. The first kappa shape index (κ1) is 15.7. The molecule has 0 amide bonds. The van der Waals surface area contributed by atoms with Crippen LogP contribution in [-0.4, -0.2) is 25.5 Å². The SMILES string of the molecule is CNC(CCN(C)Cc1ccc(C)o1)c1ccc(F)cc1. The fourth-order valence-corrected chi connectivity index (χ4v) is 2.44. The Labute approximate surface area is 125 Å². The van der Waals surface area contributed by atoms with E-state index in [-0.39, 0.29) is 11.9 Å². The van der Waals surface area contributed by atoms with E-state index < -0.39 is 0 Å². The molecule has 114 valence electrons. The van der Waals surface area contributed by atoms with E-state index in [9.17, 15) is 4.39 Å². The molecule has 1 N–H and O–H groups in total. The Balaban J connectivity index is 1.86. The molecule has 0 aliphatic heterocycles. The number of benzene rings is 1. The van der Waals surface area contributed by atoms with Crippen LogP contribution in [0.5, 0.6) is 0 Å². The van der Waals surface area contributed by atoms with E-state index in [1.165, 1.54) is 12.1 Å². The van der Waals surface area contributed by atoms with Gasteiger partial charge in [-0.3, -0.25) is 4.90 Å². The standard InChI is InChI=1S/C17H23FN2O/c1-13-4-9-16(21-13)12-20(3)11-10-17(19-2)14-5-7-15(18)8-6-14/h4-9,17,19H,10-12H2,1-3H3. The van der Waals surface area contributed by atoms with Crippen LogP contribution in [0.15, 0.2) is 40.8 Å². The van der Waals surface area contributed by atoms with Gasteiger partial charge in [-0.05, 0) is 57.3 Å². The summed E-state index contributed by atoms with van der Waals surface area (Å²) in [5.74, 6) is 1.73. The molecule has 1 heterocycles. The molecule has 0 aliphatic carbocycles. The van der Waals surface area contributed by atoms with E-state index in [4.69, 9.17) is 4.42 Å². The van der Waals surface area contributed by atoms with Crippen LogP contribution < -0.4 is 5.32 Å². The van der Waals surface area contributed by atoms with Crippen molar-refractivity contribution in [1.29, 1.82) is 0 Å². The lowest BCUT2D eigenvalue weighted by Crippen LogP contribution is -2.25. The lowest BCUT2D eigenvalue weighted by atomic mass is 10.0. The molecule has 0 bridgehead atoms. The summed E-state index contributed by atoms with van der Waals surface area (Å²) in [5.41, 5.74) is 1.11. The van der Waals surface area contributed by atoms with Gasteiger partial charge in [0.1, 0.15) is 17.3 Å². The van der Waals surface area contributed by atoms with Crippen molar-refractivity contribution in [3.05, 3.63) is 59.3 Å². The van der Waals surface area contributed by atoms with Crippen LogP contribution in [0.3, 0.4) is 0 Å². The first-order valence-corrected chi connectivity index (χ1v) is 7.25. The highest BCUT2D eigenvalue weighted by atomic mass is 19.1. The Morgan fingerprint density at radius 3 is 2.48 bits per heavy atom. The number of hydrogen-bond acceptors (Lipinski definition) is 3. The predicted molar refractivity (Wildman–Crippen MR) is 82.6 cm³/mol. The van der Waals surface area contributed by atoms with Gasteiger partial charge in [0, 0.05) is 12.6 Å². The van der Waals surface area contributed by atoms with Crippen molar-refractivity contribution in [2.24, 2.45) is 0 Å². The molecule has 0 spiro atoms. The second-order valence-corrected chi connectivity index (χ2v) is 5.43. The lowest BCUT2D eigenvalue weighted by Gasteiger charge is -2.21. The lowest BCUT2D eigenvalue weighted by molar-refractivity contribution is 0.276. The molecule has 1 aromatic heterocycles. The van der Waals surface area contributed by atoms with Crippen molar-refractivity contribution < 1.29 is 8.81 Å². The van der Waals surface area contributed by atoms with Crippen molar-refractivity contribution in [1.82, 2.24) is 10.2 Å². The summed E-state index contributed by atoms with van der Waals surface area (Å²) in [7, 11) is 4.01. The molecule has 0 fully saturated rings. The van der Waals surface area contributed by atoms with E-state index in [0.717, 1.165) is 36.6 Å². The summed E-state index contributed by atoms with van der Waals surface area (Å²) >= 11 is 0. The van der Waals surface area contributed by atoms with Gasteiger partial charge in [-0.2, -0.15) is 0 Å². The van der Waals surface area contributed by atoms with Gasteiger partial charge in [0.05, 0.1) is 6.54 Å². The van der Waals surface area contributed by atoms with Crippen LogP contribution >= 0.6 is 0 Å². The maximum Gasteiger partial charge on any atom is 0.123 e. The molecular weight excluding hydrogens is 267 g/mol. The van der Waals surface area contributed by atoms with E-state index in [1.807, 2.05) is 38.2 Å². The topological polar surface area (TPSA) is 28.4 Å². The van der Waals surface area contributed by atoms with Crippen LogP contribution in [0.2, 0.25) is 0 Å². The minimum atomic E-state index is -0.195. The predicted octanol–water partition coefficient (Wildman–Crippen LogP) is 3.51. The van der Waals surface area contributed by atoms with Gasteiger partial charge in [-0.25, -0.2) is 4.39 Å². The Morgan fingerprint density at radius 1 is 1.19 bits per heavy atom. The van der Waals surface area contributed by atoms with Crippen molar-refractivity contribution in [3.63, 3.8) is 0 Å². The smallest absolute Gasteiger partial charge is 0.123 e. The number of nitrogens with zero attached hydrogens (tertiary/aromatic N) is 1. The molecule has 0 aliphatic rings. The molecule has 0 radical (unpaired) electrons. The van der Waals surface area contributed by atoms with Gasteiger partial charge in [-0.1, -0.05) is 12.1 Å². The van der Waals surface area contributed by atoms with Gasteiger partial charge in [0.25, 0.3) is 0 Å². The highest BCUT2D eigenvalue weighted by Gasteiger charge is 2.11. The Bertz CT molecular complexity index is 550. The molecule has 21 heavy (non-hydrogen) atoms. The van der Waals surface area contributed by atoms with E-state index in [0.29, 0.717) is 0 Å². The van der Waals surface area contributed by atoms with Crippen LogP contribution in [0.1, 0.15) is 29.5 Å². The zero-order valence-electron chi connectivity index (χ0n) is 12.9. The average Bonchev–Trinajstić information content (AvgIpc) is 2.86. The normalized spacial score (nSPS) is 12.8. The largest absolute Gasteiger partial charge is 0.465 e. The van der Waals surface area contributed by atoms with Gasteiger partial charge in [0.2, 0.25) is 0 Å². The zero-order chi connectivity index (χ0) is 15.2. The molecule has 3 nitrogen and oxygen atoms in total. The molecular formula is C17H23FN2O. The minimum Gasteiger partial charge on any atom is -0.465 e. The summed E-state index contributed by atoms with van der Waals surface area (Å²) in [4.78, 5) is 2.23. The van der Waals surface area contributed by atoms with Crippen molar-refractivity contribution in [3.8, 4) is 0 Å². The van der Waals surface area contributed by atoms with Crippen LogP contribution in [0.4, 0.5) is 4.39 Å². The fraction of sp³-hybridized carbons (Fsp3) is 0.412. The second kappa shape index (κ2) is 7.38. The number of furan rings is 1. The van der Waals surface area contributed by atoms with Crippen molar-refractivity contribution in [2.75, 3.05) is 20.6 Å². The molecule has 0 saturated carbocycles. The monoisotopic (exact) mass is 290 g/mol. The van der Waals surface area contributed by atoms with E-state index in [1.54, 1.807) is 0 Å². The molecule has 2 aromatic rings. The van der Waals surface area contributed by atoms with Crippen LogP contribution in [-0.2, 0) is 6.54 Å². The van der Waals surface area contributed by atoms with E-state index >= 15 is 0 Å². The molecule has 2 rings (SSSR count). The Hall–Kier alpha value is -1.65. The van der Waals surface area contributed by atoms with Gasteiger partial charge >= 0.3 is 0 Å². The quantitative estimate of drug-likeness (QED) is 0.846. The Kier molecular flexibility index (Phi) is 5.53.